The molecule has 5 nitrogen and oxygen atoms in total. The van der Waals surface area contributed by atoms with E-state index in [9.17, 15) is 9.59 Å². The van der Waals surface area contributed by atoms with Crippen LogP contribution >= 0.6 is 0 Å². The predicted molar refractivity (Wildman–Crippen MR) is 87.5 cm³/mol. The van der Waals surface area contributed by atoms with Crippen molar-refractivity contribution in [2.75, 3.05) is 0 Å². The van der Waals surface area contributed by atoms with Crippen LogP contribution in [0.5, 0.6) is 0 Å². The van der Waals surface area contributed by atoms with E-state index in [0.29, 0.717) is 5.56 Å². The number of nitrogens with zero attached hydrogens (tertiary/aromatic N) is 1. The molecule has 0 saturated carbocycles. The first-order chi connectivity index (χ1) is 10.3. The smallest absolute Gasteiger partial charge is 0.252 e. The highest BCUT2D eigenvalue weighted by Crippen LogP contribution is 2.13. The van der Waals surface area contributed by atoms with E-state index < -0.39 is 6.04 Å². The molecule has 1 aromatic heterocycles. The van der Waals surface area contributed by atoms with E-state index >= 15 is 0 Å². The Balaban J connectivity index is 2.77. The molecule has 0 saturated heterocycles. The van der Waals surface area contributed by atoms with Gasteiger partial charge in [-0.1, -0.05) is 27.2 Å². The minimum absolute atomic E-state index is 0.00298. The Kier molecular flexibility index (Phi) is 6.53. The van der Waals surface area contributed by atoms with Crippen LogP contribution in [-0.2, 0) is 4.79 Å². The average Bonchev–Trinajstić information content (AvgIpc) is 2.44. The average molecular weight is 305 g/mol. The number of amides is 2. The van der Waals surface area contributed by atoms with Crippen LogP contribution in [0.15, 0.2) is 24.5 Å². The molecule has 0 aromatic carbocycles. The molecule has 122 valence electrons. The van der Waals surface area contributed by atoms with Crippen molar-refractivity contribution < 1.29 is 9.59 Å². The Morgan fingerprint density at radius 3 is 2.32 bits per heavy atom. The Labute approximate surface area is 132 Å². The van der Waals surface area contributed by atoms with Crippen LogP contribution in [0.4, 0.5) is 0 Å². The summed E-state index contributed by atoms with van der Waals surface area (Å²) in [5.74, 6) is -0.399. The molecule has 0 aliphatic rings. The highest BCUT2D eigenvalue weighted by molar-refractivity contribution is 5.97. The van der Waals surface area contributed by atoms with E-state index in [1.807, 2.05) is 27.7 Å². The molecule has 5 heteroatoms. The third-order valence-corrected chi connectivity index (χ3v) is 3.51. The molecule has 0 bridgehead atoms. The largest absolute Gasteiger partial charge is 0.349 e. The third-order valence-electron chi connectivity index (χ3n) is 3.51. The zero-order valence-electron chi connectivity index (χ0n) is 14.1. The highest BCUT2D eigenvalue weighted by Gasteiger charge is 2.28. The lowest BCUT2D eigenvalue weighted by atomic mass is 9.96. The zero-order chi connectivity index (χ0) is 16.8. The molecule has 1 unspecified atom stereocenters. The fraction of sp³-hybridized carbons (Fsp3) is 0.588. The van der Waals surface area contributed by atoms with Gasteiger partial charge in [0.2, 0.25) is 5.91 Å². The standard InChI is InChI=1S/C17H27N3O2/c1-6-9-17(4,5)20-16(22)14(12(2)3)19-15(21)13-7-10-18-11-8-13/h7-8,10-12,14H,6,9H2,1-5H3,(H,19,21)(H,20,22). The third kappa shape index (κ3) is 5.47. The van der Waals surface area contributed by atoms with Gasteiger partial charge in [0.1, 0.15) is 6.04 Å². The number of hydrogen-bond donors (Lipinski definition) is 2. The van der Waals surface area contributed by atoms with Crippen LogP contribution in [0, 0.1) is 5.92 Å². The van der Waals surface area contributed by atoms with E-state index in [2.05, 4.69) is 22.5 Å². The van der Waals surface area contributed by atoms with Crippen LogP contribution in [-0.4, -0.2) is 28.4 Å². The first-order valence-electron chi connectivity index (χ1n) is 7.79. The summed E-state index contributed by atoms with van der Waals surface area (Å²) >= 11 is 0. The van der Waals surface area contributed by atoms with Gasteiger partial charge in [-0.2, -0.15) is 0 Å². The molecule has 0 aliphatic heterocycles. The number of aromatic nitrogens is 1. The van der Waals surface area contributed by atoms with Gasteiger partial charge in [-0.05, 0) is 38.3 Å². The maximum atomic E-state index is 12.5. The number of nitrogens with one attached hydrogen (secondary N) is 2. The molecule has 22 heavy (non-hydrogen) atoms. The van der Waals surface area contributed by atoms with Crippen LogP contribution < -0.4 is 10.6 Å². The molecule has 1 rings (SSSR count). The van der Waals surface area contributed by atoms with Gasteiger partial charge in [0.25, 0.3) is 5.91 Å². The van der Waals surface area contributed by atoms with Crippen molar-refractivity contribution in [2.45, 2.75) is 59.0 Å². The Hall–Kier alpha value is -1.91. The molecule has 0 aliphatic carbocycles. The highest BCUT2D eigenvalue weighted by atomic mass is 16.2. The van der Waals surface area contributed by atoms with Crippen molar-refractivity contribution >= 4 is 11.8 Å². The SMILES string of the molecule is CCCC(C)(C)NC(=O)C(NC(=O)c1ccncc1)C(C)C. The number of carbonyl (C=O) groups is 2. The number of pyridine rings is 1. The molecule has 0 radical (unpaired) electrons. The van der Waals surface area contributed by atoms with Crippen LogP contribution in [0.25, 0.3) is 0 Å². The van der Waals surface area contributed by atoms with Crippen molar-refractivity contribution in [1.29, 1.82) is 0 Å². The van der Waals surface area contributed by atoms with E-state index in [1.165, 1.54) is 0 Å². The molecule has 1 atom stereocenters. The summed E-state index contributed by atoms with van der Waals surface area (Å²) in [5, 5.41) is 5.85. The molecule has 0 fully saturated rings. The first-order valence-corrected chi connectivity index (χ1v) is 7.79. The topological polar surface area (TPSA) is 71.1 Å². The molecule has 1 heterocycles. The van der Waals surface area contributed by atoms with Crippen LogP contribution in [0.2, 0.25) is 0 Å². The van der Waals surface area contributed by atoms with Crippen molar-refractivity contribution in [3.8, 4) is 0 Å². The van der Waals surface area contributed by atoms with Crippen molar-refractivity contribution in [3.05, 3.63) is 30.1 Å². The lowest BCUT2D eigenvalue weighted by Gasteiger charge is -2.30. The van der Waals surface area contributed by atoms with E-state index in [0.717, 1.165) is 12.8 Å². The van der Waals surface area contributed by atoms with Gasteiger partial charge in [0.05, 0.1) is 0 Å². The first kappa shape index (κ1) is 18.1. The Morgan fingerprint density at radius 1 is 1.23 bits per heavy atom. The fourth-order valence-corrected chi connectivity index (χ4v) is 2.36. The van der Waals surface area contributed by atoms with Crippen LogP contribution in [0.3, 0.4) is 0 Å². The van der Waals surface area contributed by atoms with Gasteiger partial charge in [-0.3, -0.25) is 14.6 Å². The molecule has 0 spiro atoms. The minimum atomic E-state index is -0.559. The molecular weight excluding hydrogens is 278 g/mol. The van der Waals surface area contributed by atoms with Crippen molar-refractivity contribution in [1.82, 2.24) is 15.6 Å². The summed E-state index contributed by atoms with van der Waals surface area (Å²) in [7, 11) is 0. The second-order valence-corrected chi connectivity index (χ2v) is 6.55. The lowest BCUT2D eigenvalue weighted by molar-refractivity contribution is -0.125. The molecule has 2 N–H and O–H groups in total. The fourth-order valence-electron chi connectivity index (χ4n) is 2.36. The van der Waals surface area contributed by atoms with Gasteiger partial charge in [-0.25, -0.2) is 0 Å². The Morgan fingerprint density at radius 2 is 1.82 bits per heavy atom. The number of hydrogen-bond acceptors (Lipinski definition) is 3. The predicted octanol–water partition coefficient (Wildman–Crippen LogP) is 2.53. The summed E-state index contributed by atoms with van der Waals surface area (Å²) in [5.41, 5.74) is 0.224. The van der Waals surface area contributed by atoms with Gasteiger partial charge >= 0.3 is 0 Å². The van der Waals surface area contributed by atoms with E-state index in [-0.39, 0.29) is 23.3 Å². The van der Waals surface area contributed by atoms with Gasteiger partial charge in [-0.15, -0.1) is 0 Å². The molecule has 1 aromatic rings. The van der Waals surface area contributed by atoms with Crippen molar-refractivity contribution in [2.24, 2.45) is 5.92 Å². The van der Waals surface area contributed by atoms with Crippen molar-refractivity contribution in [3.63, 3.8) is 0 Å². The van der Waals surface area contributed by atoms with E-state index in [1.54, 1.807) is 24.5 Å². The summed E-state index contributed by atoms with van der Waals surface area (Å²) in [6.45, 7) is 9.92. The quantitative estimate of drug-likeness (QED) is 0.813. The summed E-state index contributed by atoms with van der Waals surface area (Å²) in [6, 6.07) is 2.70. The second-order valence-electron chi connectivity index (χ2n) is 6.55. The molecule has 2 amide bonds. The van der Waals surface area contributed by atoms with E-state index in [4.69, 9.17) is 0 Å². The van der Waals surface area contributed by atoms with Gasteiger partial charge in [0, 0.05) is 23.5 Å². The monoisotopic (exact) mass is 305 g/mol. The van der Waals surface area contributed by atoms with Gasteiger partial charge in [0.15, 0.2) is 0 Å². The lowest BCUT2D eigenvalue weighted by Crippen LogP contribution is -2.55. The Bertz CT molecular complexity index is 498. The maximum Gasteiger partial charge on any atom is 0.252 e. The van der Waals surface area contributed by atoms with Gasteiger partial charge < -0.3 is 10.6 Å². The normalized spacial score (nSPS) is 12.8. The summed E-state index contributed by atoms with van der Waals surface area (Å²) in [4.78, 5) is 28.6. The second kappa shape index (κ2) is 7.92. The number of carbonyl (C=O) groups excluding carboxylic acids is 2. The molecular formula is C17H27N3O2. The van der Waals surface area contributed by atoms with Crippen LogP contribution in [0.1, 0.15) is 57.8 Å². The summed E-state index contributed by atoms with van der Waals surface area (Å²) in [6.07, 6.45) is 5.00. The maximum absolute atomic E-state index is 12.5. The summed E-state index contributed by atoms with van der Waals surface area (Å²) < 4.78 is 0. The number of rotatable bonds is 7. The minimum Gasteiger partial charge on any atom is -0.349 e. The zero-order valence-corrected chi connectivity index (χ0v) is 14.1.